The third-order valence-electron chi connectivity index (χ3n) is 3.65. The number of aliphatic carboxylic acids is 1. The van der Waals surface area contributed by atoms with Crippen LogP contribution in [0, 0.1) is 13.8 Å². The lowest BCUT2D eigenvalue weighted by Crippen LogP contribution is -2.40. The number of aryl methyl sites for hydroxylation is 2. The van der Waals surface area contributed by atoms with E-state index in [1.54, 1.807) is 4.90 Å². The fraction of sp³-hybridized carbons (Fsp3) is 0.467. The lowest BCUT2D eigenvalue weighted by atomic mass is 10.1. The molecular weight excluding hydrogens is 256 g/mol. The van der Waals surface area contributed by atoms with E-state index in [0.29, 0.717) is 13.0 Å². The molecule has 2 N–H and O–H groups in total. The number of nitrogens with zero attached hydrogens (tertiary/aromatic N) is 1. The van der Waals surface area contributed by atoms with Gasteiger partial charge in [-0.15, -0.1) is 0 Å². The van der Waals surface area contributed by atoms with Crippen LogP contribution in [0.1, 0.15) is 24.0 Å². The molecule has 1 amide bonds. The van der Waals surface area contributed by atoms with Gasteiger partial charge in [0.25, 0.3) is 0 Å². The number of nitrogens with one attached hydrogen (secondary N) is 1. The number of hydrogen-bond donors (Lipinski definition) is 2. The van der Waals surface area contributed by atoms with E-state index in [9.17, 15) is 9.59 Å². The van der Waals surface area contributed by atoms with Gasteiger partial charge in [-0.1, -0.05) is 17.7 Å². The smallest absolute Gasteiger partial charge is 0.320 e. The van der Waals surface area contributed by atoms with Crippen LogP contribution in [0.15, 0.2) is 18.2 Å². The van der Waals surface area contributed by atoms with Gasteiger partial charge in [0.15, 0.2) is 0 Å². The number of carboxylic acids is 1. The molecule has 0 bridgehead atoms. The predicted molar refractivity (Wildman–Crippen MR) is 76.8 cm³/mol. The zero-order valence-electron chi connectivity index (χ0n) is 11.8. The second kappa shape index (κ2) is 6.05. The van der Waals surface area contributed by atoms with Gasteiger partial charge in [-0.25, -0.2) is 0 Å². The van der Waals surface area contributed by atoms with Gasteiger partial charge in [0.1, 0.15) is 6.04 Å². The molecule has 0 aromatic heterocycles. The van der Waals surface area contributed by atoms with Crippen molar-refractivity contribution in [3.8, 4) is 0 Å². The summed E-state index contributed by atoms with van der Waals surface area (Å²) >= 11 is 0. The summed E-state index contributed by atoms with van der Waals surface area (Å²) in [5.41, 5.74) is 2.94. The summed E-state index contributed by atoms with van der Waals surface area (Å²) in [5.74, 6) is -1.01. The topological polar surface area (TPSA) is 69.6 Å². The molecule has 0 saturated carbocycles. The SMILES string of the molecule is Cc1ccc(NC(=O)CN2CCC[C@H]2C(=O)O)c(C)c1. The molecule has 1 aliphatic rings. The number of hydrogen-bond acceptors (Lipinski definition) is 3. The number of likely N-dealkylation sites (tertiary alicyclic amines) is 1. The maximum Gasteiger partial charge on any atom is 0.320 e. The number of carboxylic acid groups (broad SMARTS) is 1. The Morgan fingerprint density at radius 2 is 2.15 bits per heavy atom. The minimum absolute atomic E-state index is 0.129. The van der Waals surface area contributed by atoms with E-state index in [1.807, 2.05) is 32.0 Å². The maximum absolute atomic E-state index is 12.0. The van der Waals surface area contributed by atoms with Crippen molar-refractivity contribution in [3.63, 3.8) is 0 Å². The molecule has 1 saturated heterocycles. The van der Waals surface area contributed by atoms with Crippen LogP contribution < -0.4 is 5.32 Å². The molecule has 1 atom stereocenters. The van der Waals surface area contributed by atoms with Crippen molar-refractivity contribution < 1.29 is 14.7 Å². The Labute approximate surface area is 118 Å². The number of amides is 1. The van der Waals surface area contributed by atoms with Crippen LogP contribution >= 0.6 is 0 Å². The second-order valence-electron chi connectivity index (χ2n) is 5.33. The highest BCUT2D eigenvalue weighted by Crippen LogP contribution is 2.19. The molecule has 108 valence electrons. The van der Waals surface area contributed by atoms with Crippen molar-refractivity contribution in [3.05, 3.63) is 29.3 Å². The minimum Gasteiger partial charge on any atom is -0.480 e. The highest BCUT2D eigenvalue weighted by atomic mass is 16.4. The summed E-state index contributed by atoms with van der Waals surface area (Å²) in [6, 6.07) is 5.30. The average Bonchev–Trinajstić information content (AvgIpc) is 2.81. The Bertz CT molecular complexity index is 528. The van der Waals surface area contributed by atoms with Crippen LogP contribution in [0.4, 0.5) is 5.69 Å². The number of benzene rings is 1. The highest BCUT2D eigenvalue weighted by molar-refractivity contribution is 5.93. The second-order valence-corrected chi connectivity index (χ2v) is 5.33. The molecule has 1 fully saturated rings. The van der Waals surface area contributed by atoms with E-state index >= 15 is 0 Å². The summed E-state index contributed by atoms with van der Waals surface area (Å²) in [6.07, 6.45) is 1.44. The molecule has 20 heavy (non-hydrogen) atoms. The van der Waals surface area contributed by atoms with Gasteiger partial charge < -0.3 is 10.4 Å². The Hall–Kier alpha value is -1.88. The highest BCUT2D eigenvalue weighted by Gasteiger charge is 2.31. The molecule has 1 aromatic carbocycles. The van der Waals surface area contributed by atoms with Crippen molar-refractivity contribution >= 4 is 17.6 Å². The van der Waals surface area contributed by atoms with Crippen LogP contribution in [-0.4, -0.2) is 41.0 Å². The van der Waals surface area contributed by atoms with E-state index in [0.717, 1.165) is 23.2 Å². The molecule has 0 radical (unpaired) electrons. The van der Waals surface area contributed by atoms with E-state index in [4.69, 9.17) is 5.11 Å². The third kappa shape index (κ3) is 3.36. The first-order valence-electron chi connectivity index (χ1n) is 6.81. The molecule has 5 heteroatoms. The van der Waals surface area contributed by atoms with E-state index in [1.165, 1.54) is 0 Å². The average molecular weight is 276 g/mol. The summed E-state index contributed by atoms with van der Waals surface area (Å²) < 4.78 is 0. The largest absolute Gasteiger partial charge is 0.480 e. The first-order chi connectivity index (χ1) is 9.47. The van der Waals surface area contributed by atoms with Gasteiger partial charge >= 0.3 is 5.97 Å². The summed E-state index contributed by atoms with van der Waals surface area (Å²) in [6.45, 7) is 4.74. The molecule has 2 rings (SSSR count). The number of carbonyl (C=O) groups is 2. The molecule has 5 nitrogen and oxygen atoms in total. The predicted octanol–water partition coefficient (Wildman–Crippen LogP) is 1.79. The lowest BCUT2D eigenvalue weighted by molar-refractivity contribution is -0.142. The van der Waals surface area contributed by atoms with Crippen LogP contribution in [0.3, 0.4) is 0 Å². The van der Waals surface area contributed by atoms with E-state index in [-0.39, 0.29) is 12.5 Å². The molecule has 1 heterocycles. The fourth-order valence-corrected chi connectivity index (χ4v) is 2.62. The van der Waals surface area contributed by atoms with Crippen molar-refractivity contribution in [2.45, 2.75) is 32.7 Å². The lowest BCUT2D eigenvalue weighted by Gasteiger charge is -2.20. The van der Waals surface area contributed by atoms with Crippen molar-refractivity contribution in [2.24, 2.45) is 0 Å². The van der Waals surface area contributed by atoms with Crippen LogP contribution in [0.5, 0.6) is 0 Å². The number of rotatable bonds is 4. The Morgan fingerprint density at radius 3 is 2.80 bits per heavy atom. The molecule has 1 aromatic rings. The Kier molecular flexibility index (Phi) is 4.39. The molecule has 0 unspecified atom stereocenters. The van der Waals surface area contributed by atoms with Gasteiger partial charge in [0.2, 0.25) is 5.91 Å². The van der Waals surface area contributed by atoms with Crippen molar-refractivity contribution in [1.29, 1.82) is 0 Å². The summed E-state index contributed by atoms with van der Waals surface area (Å²) in [5, 5.41) is 11.9. The van der Waals surface area contributed by atoms with Crippen molar-refractivity contribution in [1.82, 2.24) is 4.90 Å². The first-order valence-corrected chi connectivity index (χ1v) is 6.81. The summed E-state index contributed by atoms with van der Waals surface area (Å²) in [4.78, 5) is 24.8. The van der Waals surface area contributed by atoms with E-state index in [2.05, 4.69) is 5.32 Å². The standard InChI is InChI=1S/C15H20N2O3/c1-10-5-6-12(11(2)8-10)16-14(18)9-17-7-3-4-13(17)15(19)20/h5-6,8,13H,3-4,7,9H2,1-2H3,(H,16,18)(H,19,20)/t13-/m0/s1. The maximum atomic E-state index is 12.0. The molecule has 0 spiro atoms. The van der Waals surface area contributed by atoms with Crippen LogP contribution in [0.2, 0.25) is 0 Å². The molecule has 1 aliphatic heterocycles. The normalized spacial score (nSPS) is 19.0. The van der Waals surface area contributed by atoms with Gasteiger partial charge in [-0.3, -0.25) is 14.5 Å². The van der Waals surface area contributed by atoms with Crippen LogP contribution in [0.25, 0.3) is 0 Å². The summed E-state index contributed by atoms with van der Waals surface area (Å²) in [7, 11) is 0. The monoisotopic (exact) mass is 276 g/mol. The van der Waals surface area contributed by atoms with Crippen molar-refractivity contribution in [2.75, 3.05) is 18.4 Å². The van der Waals surface area contributed by atoms with Crippen LogP contribution in [-0.2, 0) is 9.59 Å². The minimum atomic E-state index is -0.846. The molecular formula is C15H20N2O3. The zero-order valence-corrected chi connectivity index (χ0v) is 11.8. The first kappa shape index (κ1) is 14.5. The van der Waals surface area contributed by atoms with Gasteiger partial charge in [0, 0.05) is 5.69 Å². The van der Waals surface area contributed by atoms with Gasteiger partial charge in [-0.05, 0) is 44.9 Å². The quantitative estimate of drug-likeness (QED) is 0.879. The fourth-order valence-electron chi connectivity index (χ4n) is 2.62. The Morgan fingerprint density at radius 1 is 1.40 bits per heavy atom. The third-order valence-corrected chi connectivity index (χ3v) is 3.65. The van der Waals surface area contributed by atoms with Gasteiger partial charge in [-0.2, -0.15) is 0 Å². The number of anilines is 1. The number of carbonyl (C=O) groups excluding carboxylic acids is 1. The Balaban J connectivity index is 1.97. The van der Waals surface area contributed by atoms with Gasteiger partial charge in [0.05, 0.1) is 6.54 Å². The zero-order chi connectivity index (χ0) is 14.7. The van der Waals surface area contributed by atoms with E-state index < -0.39 is 12.0 Å². The molecule has 0 aliphatic carbocycles.